The maximum Gasteiger partial charge on any atom is 0.268 e. The van der Waals surface area contributed by atoms with E-state index in [4.69, 9.17) is 14.7 Å². The normalized spacial score (nSPS) is 15.6. The van der Waals surface area contributed by atoms with Crippen LogP contribution in [-0.2, 0) is 6.42 Å². The van der Waals surface area contributed by atoms with Crippen molar-refractivity contribution in [3.05, 3.63) is 58.7 Å². The van der Waals surface area contributed by atoms with Crippen molar-refractivity contribution in [3.63, 3.8) is 0 Å². The average Bonchev–Trinajstić information content (AvgIpc) is 2.90. The Balaban J connectivity index is 1.88. The first-order chi connectivity index (χ1) is 10.6. The molecule has 0 spiro atoms. The third kappa shape index (κ3) is 2.48. The standard InChI is InChI=1S/C17H13F2NO2/c1-2-3-10-4-5-15-16(6-10)22-17(21-15)11-7-13(18)12(9-20)14(19)8-11/h4-8,17H,2-3H2,1H3. The molecule has 0 radical (unpaired) electrons. The van der Waals surface area contributed by atoms with Crippen molar-refractivity contribution in [1.29, 1.82) is 5.26 Å². The van der Waals surface area contributed by atoms with Gasteiger partial charge in [-0.1, -0.05) is 19.4 Å². The molecule has 0 saturated carbocycles. The van der Waals surface area contributed by atoms with Gasteiger partial charge in [0, 0.05) is 5.56 Å². The smallest absolute Gasteiger partial charge is 0.268 e. The molecule has 1 heterocycles. The molecule has 0 aliphatic carbocycles. The van der Waals surface area contributed by atoms with Gasteiger partial charge in [0.05, 0.1) is 0 Å². The lowest BCUT2D eigenvalue weighted by Crippen LogP contribution is -2.09. The molecule has 5 heteroatoms. The molecule has 1 atom stereocenters. The second-order valence-electron chi connectivity index (χ2n) is 5.07. The Morgan fingerprint density at radius 3 is 2.41 bits per heavy atom. The molecule has 3 nitrogen and oxygen atoms in total. The van der Waals surface area contributed by atoms with Crippen LogP contribution >= 0.6 is 0 Å². The molecular formula is C17H13F2NO2. The SMILES string of the molecule is CCCc1ccc2c(c1)OC(c1cc(F)c(C#N)c(F)c1)O2. The van der Waals surface area contributed by atoms with Gasteiger partial charge in [-0.3, -0.25) is 0 Å². The predicted molar refractivity (Wildman–Crippen MR) is 75.5 cm³/mol. The van der Waals surface area contributed by atoms with Crippen LogP contribution in [0.4, 0.5) is 8.78 Å². The van der Waals surface area contributed by atoms with Gasteiger partial charge in [0.1, 0.15) is 23.3 Å². The van der Waals surface area contributed by atoms with Gasteiger partial charge in [0.15, 0.2) is 11.5 Å². The molecular weight excluding hydrogens is 288 g/mol. The number of fused-ring (bicyclic) bond motifs is 1. The number of nitriles is 1. The molecule has 22 heavy (non-hydrogen) atoms. The summed E-state index contributed by atoms with van der Waals surface area (Å²) in [6, 6.07) is 9.21. The van der Waals surface area contributed by atoms with Crippen molar-refractivity contribution in [1.82, 2.24) is 0 Å². The van der Waals surface area contributed by atoms with E-state index >= 15 is 0 Å². The fourth-order valence-corrected chi connectivity index (χ4v) is 2.41. The Kier molecular flexibility index (Phi) is 3.68. The van der Waals surface area contributed by atoms with E-state index in [0.29, 0.717) is 11.5 Å². The number of aryl methyl sites for hydroxylation is 1. The van der Waals surface area contributed by atoms with Crippen LogP contribution in [0.3, 0.4) is 0 Å². The van der Waals surface area contributed by atoms with Crippen molar-refractivity contribution in [2.45, 2.75) is 26.1 Å². The highest BCUT2D eigenvalue weighted by Crippen LogP contribution is 2.41. The average molecular weight is 301 g/mol. The summed E-state index contributed by atoms with van der Waals surface area (Å²) < 4.78 is 38.6. The zero-order valence-corrected chi connectivity index (χ0v) is 11.9. The number of hydrogen-bond donors (Lipinski definition) is 0. The summed E-state index contributed by atoms with van der Waals surface area (Å²) in [4.78, 5) is 0. The lowest BCUT2D eigenvalue weighted by Gasteiger charge is -2.11. The maximum absolute atomic E-state index is 13.7. The van der Waals surface area contributed by atoms with Crippen LogP contribution in [0.15, 0.2) is 30.3 Å². The second kappa shape index (κ2) is 5.64. The van der Waals surface area contributed by atoms with Gasteiger partial charge in [-0.2, -0.15) is 5.26 Å². The number of nitrogens with zero attached hydrogens (tertiary/aromatic N) is 1. The van der Waals surface area contributed by atoms with Gasteiger partial charge in [-0.15, -0.1) is 0 Å². The first-order valence-corrected chi connectivity index (χ1v) is 6.97. The van der Waals surface area contributed by atoms with Gasteiger partial charge < -0.3 is 9.47 Å². The Morgan fingerprint density at radius 2 is 1.77 bits per heavy atom. The third-order valence-electron chi connectivity index (χ3n) is 3.46. The van der Waals surface area contributed by atoms with Crippen LogP contribution in [0.1, 0.15) is 36.3 Å². The molecule has 0 aromatic heterocycles. The number of ether oxygens (including phenoxy) is 2. The summed E-state index contributed by atoms with van der Waals surface area (Å²) in [6.45, 7) is 2.08. The zero-order valence-electron chi connectivity index (χ0n) is 11.9. The highest BCUT2D eigenvalue weighted by Gasteiger charge is 2.27. The molecule has 0 amide bonds. The lowest BCUT2D eigenvalue weighted by atomic mass is 10.1. The van der Waals surface area contributed by atoms with Crippen molar-refractivity contribution < 1.29 is 18.3 Å². The minimum absolute atomic E-state index is 0.197. The molecule has 2 aromatic carbocycles. The molecule has 0 saturated heterocycles. The van der Waals surface area contributed by atoms with Crippen LogP contribution in [-0.4, -0.2) is 0 Å². The van der Waals surface area contributed by atoms with Gasteiger partial charge in [0.25, 0.3) is 6.29 Å². The molecule has 112 valence electrons. The minimum Gasteiger partial charge on any atom is -0.447 e. The molecule has 0 bridgehead atoms. The van der Waals surface area contributed by atoms with E-state index in [1.807, 2.05) is 12.1 Å². The summed E-state index contributed by atoms with van der Waals surface area (Å²) in [6.07, 6.45) is 1.01. The summed E-state index contributed by atoms with van der Waals surface area (Å²) in [7, 11) is 0. The fourth-order valence-electron chi connectivity index (χ4n) is 2.41. The zero-order chi connectivity index (χ0) is 15.7. The molecule has 1 unspecified atom stereocenters. The van der Waals surface area contributed by atoms with Gasteiger partial charge >= 0.3 is 0 Å². The first-order valence-electron chi connectivity index (χ1n) is 6.97. The maximum atomic E-state index is 13.7. The number of halogens is 2. The first kappa shape index (κ1) is 14.3. The van der Waals surface area contributed by atoms with E-state index < -0.39 is 23.5 Å². The van der Waals surface area contributed by atoms with Crippen molar-refractivity contribution in [2.75, 3.05) is 0 Å². The lowest BCUT2D eigenvalue weighted by molar-refractivity contribution is 0.0481. The van der Waals surface area contributed by atoms with Crippen molar-refractivity contribution in [3.8, 4) is 17.6 Å². The van der Waals surface area contributed by atoms with Gasteiger partial charge in [0.2, 0.25) is 0 Å². The van der Waals surface area contributed by atoms with E-state index in [2.05, 4.69) is 6.92 Å². The number of rotatable bonds is 3. The second-order valence-corrected chi connectivity index (χ2v) is 5.07. The summed E-state index contributed by atoms with van der Waals surface area (Å²) in [5.41, 5.74) is 0.703. The van der Waals surface area contributed by atoms with Crippen LogP contribution < -0.4 is 9.47 Å². The van der Waals surface area contributed by atoms with E-state index in [1.54, 1.807) is 6.07 Å². The molecule has 0 N–H and O–H groups in total. The fraction of sp³-hybridized carbons (Fsp3) is 0.235. The Morgan fingerprint density at radius 1 is 1.09 bits per heavy atom. The molecule has 1 aliphatic rings. The Labute approximate surface area is 126 Å². The highest BCUT2D eigenvalue weighted by molar-refractivity contribution is 5.46. The van der Waals surface area contributed by atoms with Crippen molar-refractivity contribution >= 4 is 0 Å². The van der Waals surface area contributed by atoms with E-state index in [9.17, 15) is 8.78 Å². The van der Waals surface area contributed by atoms with Crippen LogP contribution in [0.2, 0.25) is 0 Å². The Hall–Kier alpha value is -2.61. The van der Waals surface area contributed by atoms with Crippen LogP contribution in [0.5, 0.6) is 11.5 Å². The van der Waals surface area contributed by atoms with Gasteiger partial charge in [-0.05, 0) is 36.2 Å². The van der Waals surface area contributed by atoms with E-state index in [1.165, 1.54) is 6.07 Å². The number of benzene rings is 2. The quantitative estimate of drug-likeness (QED) is 0.850. The van der Waals surface area contributed by atoms with Gasteiger partial charge in [-0.25, -0.2) is 8.78 Å². The Bertz CT molecular complexity index is 745. The molecule has 0 fully saturated rings. The summed E-state index contributed by atoms with van der Waals surface area (Å²) in [5.74, 6) is -0.754. The van der Waals surface area contributed by atoms with E-state index in [0.717, 1.165) is 30.5 Å². The monoisotopic (exact) mass is 301 g/mol. The number of hydrogen-bond acceptors (Lipinski definition) is 3. The minimum atomic E-state index is -0.924. The molecule has 2 aromatic rings. The topological polar surface area (TPSA) is 42.2 Å². The molecule has 3 rings (SSSR count). The molecule has 1 aliphatic heterocycles. The van der Waals surface area contributed by atoms with Crippen molar-refractivity contribution in [2.24, 2.45) is 0 Å². The summed E-state index contributed by atoms with van der Waals surface area (Å²) >= 11 is 0. The predicted octanol–water partition coefficient (Wildman–Crippen LogP) is 4.26. The third-order valence-corrected chi connectivity index (χ3v) is 3.46. The van der Waals surface area contributed by atoms with Crippen LogP contribution in [0, 0.1) is 23.0 Å². The largest absolute Gasteiger partial charge is 0.447 e. The van der Waals surface area contributed by atoms with Crippen LogP contribution in [0.25, 0.3) is 0 Å². The summed E-state index contributed by atoms with van der Waals surface area (Å²) in [5, 5.41) is 8.69. The highest BCUT2D eigenvalue weighted by atomic mass is 19.1. The van der Waals surface area contributed by atoms with E-state index in [-0.39, 0.29) is 5.56 Å².